The van der Waals surface area contributed by atoms with Crippen molar-refractivity contribution in [3.63, 3.8) is 0 Å². The molecule has 0 bridgehead atoms. The van der Waals surface area contributed by atoms with Crippen LogP contribution in [0.15, 0.2) is 16.6 Å². The van der Waals surface area contributed by atoms with Crippen LogP contribution in [0.1, 0.15) is 24.8 Å². The summed E-state index contributed by atoms with van der Waals surface area (Å²) in [6.45, 7) is 2.13. The third-order valence-electron chi connectivity index (χ3n) is 3.70. The van der Waals surface area contributed by atoms with Gasteiger partial charge in [0.1, 0.15) is 5.82 Å². The molecule has 1 amide bonds. The van der Waals surface area contributed by atoms with Gasteiger partial charge in [0.25, 0.3) is 0 Å². The molecule has 1 aliphatic carbocycles. The van der Waals surface area contributed by atoms with Gasteiger partial charge in [-0.1, -0.05) is 6.42 Å². The van der Waals surface area contributed by atoms with Crippen LogP contribution in [0.2, 0.25) is 0 Å². The molecule has 0 spiro atoms. The van der Waals surface area contributed by atoms with Gasteiger partial charge in [0.2, 0.25) is 5.91 Å². The zero-order chi connectivity index (χ0) is 13.3. The molecule has 1 aromatic carbocycles. The van der Waals surface area contributed by atoms with Gasteiger partial charge in [-0.2, -0.15) is 0 Å². The van der Waals surface area contributed by atoms with Gasteiger partial charge in [0.15, 0.2) is 0 Å². The minimum Gasteiger partial charge on any atom is -0.329 e. The summed E-state index contributed by atoms with van der Waals surface area (Å²) in [4.78, 5) is 12.2. The number of amides is 1. The summed E-state index contributed by atoms with van der Waals surface area (Å²) < 4.78 is 13.6. The molecule has 1 fully saturated rings. The van der Waals surface area contributed by atoms with Crippen molar-refractivity contribution in [1.82, 2.24) is 0 Å². The van der Waals surface area contributed by atoms with Crippen molar-refractivity contribution in [2.75, 3.05) is 11.9 Å². The van der Waals surface area contributed by atoms with Crippen LogP contribution >= 0.6 is 15.9 Å². The SMILES string of the molecule is Cc1cc(F)c(Br)cc1NC(=O)C1(CN)CCC1. The fraction of sp³-hybridized carbons (Fsp3) is 0.462. The first-order valence-electron chi connectivity index (χ1n) is 5.96. The van der Waals surface area contributed by atoms with Gasteiger partial charge in [0, 0.05) is 12.2 Å². The van der Waals surface area contributed by atoms with E-state index in [1.54, 1.807) is 13.0 Å². The maximum Gasteiger partial charge on any atom is 0.231 e. The Morgan fingerprint density at radius 3 is 2.72 bits per heavy atom. The second-order valence-electron chi connectivity index (χ2n) is 4.87. The predicted molar refractivity (Wildman–Crippen MR) is 72.8 cm³/mol. The highest BCUT2D eigenvalue weighted by Gasteiger charge is 2.42. The van der Waals surface area contributed by atoms with Crippen molar-refractivity contribution >= 4 is 27.5 Å². The highest BCUT2D eigenvalue weighted by atomic mass is 79.9. The molecule has 0 aromatic heterocycles. The lowest BCUT2D eigenvalue weighted by Crippen LogP contribution is -2.47. The van der Waals surface area contributed by atoms with Crippen LogP contribution in [0.25, 0.3) is 0 Å². The summed E-state index contributed by atoms with van der Waals surface area (Å²) in [5.41, 5.74) is 6.60. The molecule has 0 heterocycles. The summed E-state index contributed by atoms with van der Waals surface area (Å²) in [5, 5.41) is 2.86. The van der Waals surface area contributed by atoms with E-state index >= 15 is 0 Å². The molecule has 0 aliphatic heterocycles. The molecular weight excluding hydrogens is 299 g/mol. The van der Waals surface area contributed by atoms with E-state index in [1.807, 2.05) is 0 Å². The Bertz CT molecular complexity index is 481. The van der Waals surface area contributed by atoms with Crippen molar-refractivity contribution in [2.45, 2.75) is 26.2 Å². The van der Waals surface area contributed by atoms with E-state index < -0.39 is 5.41 Å². The molecule has 98 valence electrons. The second-order valence-corrected chi connectivity index (χ2v) is 5.73. The minimum absolute atomic E-state index is 0.0575. The highest BCUT2D eigenvalue weighted by Crippen LogP contribution is 2.41. The lowest BCUT2D eigenvalue weighted by Gasteiger charge is -2.39. The fourth-order valence-corrected chi connectivity index (χ4v) is 2.51. The molecule has 1 saturated carbocycles. The molecule has 0 saturated heterocycles. The molecule has 0 unspecified atom stereocenters. The van der Waals surface area contributed by atoms with E-state index in [0.29, 0.717) is 22.3 Å². The number of anilines is 1. The maximum atomic E-state index is 13.3. The average Bonchev–Trinajstić information content (AvgIpc) is 2.25. The summed E-state index contributed by atoms with van der Waals surface area (Å²) >= 11 is 3.12. The number of carbonyl (C=O) groups is 1. The number of nitrogens with one attached hydrogen (secondary N) is 1. The van der Waals surface area contributed by atoms with Crippen molar-refractivity contribution < 1.29 is 9.18 Å². The van der Waals surface area contributed by atoms with E-state index in [-0.39, 0.29) is 11.7 Å². The van der Waals surface area contributed by atoms with E-state index in [4.69, 9.17) is 5.73 Å². The van der Waals surface area contributed by atoms with Gasteiger partial charge in [-0.15, -0.1) is 0 Å². The number of benzene rings is 1. The minimum atomic E-state index is -0.423. The number of aryl methyl sites for hydroxylation is 1. The molecule has 5 heteroatoms. The fourth-order valence-electron chi connectivity index (χ4n) is 2.16. The third-order valence-corrected chi connectivity index (χ3v) is 4.31. The van der Waals surface area contributed by atoms with E-state index in [2.05, 4.69) is 21.2 Å². The Balaban J connectivity index is 2.19. The number of nitrogens with two attached hydrogens (primary N) is 1. The van der Waals surface area contributed by atoms with Crippen molar-refractivity contribution in [3.8, 4) is 0 Å². The summed E-state index contributed by atoms with van der Waals surface area (Å²) in [5.74, 6) is -0.388. The molecule has 0 radical (unpaired) electrons. The Morgan fingerprint density at radius 1 is 1.56 bits per heavy atom. The average molecular weight is 315 g/mol. The normalized spacial score (nSPS) is 17.1. The largest absolute Gasteiger partial charge is 0.329 e. The number of hydrogen-bond acceptors (Lipinski definition) is 2. The molecule has 2 rings (SSSR count). The van der Waals surface area contributed by atoms with Crippen molar-refractivity contribution in [3.05, 3.63) is 28.0 Å². The smallest absolute Gasteiger partial charge is 0.231 e. The second kappa shape index (κ2) is 4.97. The number of carbonyl (C=O) groups excluding carboxylic acids is 1. The van der Waals surface area contributed by atoms with Gasteiger partial charge in [0.05, 0.1) is 9.89 Å². The number of halogens is 2. The quantitative estimate of drug-likeness (QED) is 0.901. The summed E-state index contributed by atoms with van der Waals surface area (Å²) in [7, 11) is 0. The number of rotatable bonds is 3. The summed E-state index contributed by atoms with van der Waals surface area (Å²) in [6.07, 6.45) is 2.70. The molecule has 18 heavy (non-hydrogen) atoms. The Labute approximate surface area is 114 Å². The van der Waals surface area contributed by atoms with Gasteiger partial charge in [-0.05, 0) is 53.4 Å². The first-order chi connectivity index (χ1) is 8.48. The van der Waals surface area contributed by atoms with Crippen LogP contribution in [0.3, 0.4) is 0 Å². The van der Waals surface area contributed by atoms with Gasteiger partial charge < -0.3 is 11.1 Å². The Hall–Kier alpha value is -0.940. The van der Waals surface area contributed by atoms with E-state index in [1.165, 1.54) is 6.07 Å². The molecular formula is C13H16BrFN2O. The Morgan fingerprint density at radius 2 is 2.22 bits per heavy atom. The number of hydrogen-bond donors (Lipinski definition) is 2. The molecule has 3 N–H and O–H groups in total. The van der Waals surface area contributed by atoms with E-state index in [9.17, 15) is 9.18 Å². The van der Waals surface area contributed by atoms with Crippen LogP contribution in [-0.2, 0) is 4.79 Å². The zero-order valence-electron chi connectivity index (χ0n) is 10.2. The van der Waals surface area contributed by atoms with Gasteiger partial charge in [-0.3, -0.25) is 4.79 Å². The van der Waals surface area contributed by atoms with Crippen LogP contribution < -0.4 is 11.1 Å². The van der Waals surface area contributed by atoms with Crippen LogP contribution in [0, 0.1) is 18.2 Å². The molecule has 1 aromatic rings. The van der Waals surface area contributed by atoms with E-state index in [0.717, 1.165) is 19.3 Å². The topological polar surface area (TPSA) is 55.1 Å². The predicted octanol–water partition coefficient (Wildman–Crippen LogP) is 2.96. The molecule has 1 aliphatic rings. The highest BCUT2D eigenvalue weighted by molar-refractivity contribution is 9.10. The van der Waals surface area contributed by atoms with Crippen LogP contribution in [0.5, 0.6) is 0 Å². The van der Waals surface area contributed by atoms with Crippen LogP contribution in [0.4, 0.5) is 10.1 Å². The van der Waals surface area contributed by atoms with Gasteiger partial charge >= 0.3 is 0 Å². The van der Waals surface area contributed by atoms with Crippen molar-refractivity contribution in [1.29, 1.82) is 0 Å². The molecule has 0 atom stereocenters. The standard InChI is InChI=1S/C13H16BrFN2O/c1-8-5-10(15)9(14)6-11(8)17-12(18)13(7-16)3-2-4-13/h5-6H,2-4,7,16H2,1H3,(H,17,18). The lowest BCUT2D eigenvalue weighted by atomic mass is 9.68. The zero-order valence-corrected chi connectivity index (χ0v) is 11.8. The maximum absolute atomic E-state index is 13.3. The van der Waals surface area contributed by atoms with Gasteiger partial charge in [-0.25, -0.2) is 4.39 Å². The summed E-state index contributed by atoms with van der Waals surface area (Å²) in [6, 6.07) is 2.99. The van der Waals surface area contributed by atoms with Crippen molar-refractivity contribution in [2.24, 2.45) is 11.1 Å². The third kappa shape index (κ3) is 2.29. The Kier molecular flexibility index (Phi) is 3.73. The first kappa shape index (κ1) is 13.5. The van der Waals surface area contributed by atoms with Crippen LogP contribution in [-0.4, -0.2) is 12.5 Å². The lowest BCUT2D eigenvalue weighted by molar-refractivity contribution is -0.129. The monoisotopic (exact) mass is 314 g/mol. The first-order valence-corrected chi connectivity index (χ1v) is 6.75. The molecule has 3 nitrogen and oxygen atoms in total.